The quantitative estimate of drug-likeness (QED) is 0.513. The Hall–Kier alpha value is -3.09. The highest BCUT2D eigenvalue weighted by Crippen LogP contribution is 2.38. The van der Waals surface area contributed by atoms with Gasteiger partial charge >= 0.3 is 0 Å². The van der Waals surface area contributed by atoms with E-state index in [2.05, 4.69) is 5.32 Å². The van der Waals surface area contributed by atoms with Gasteiger partial charge in [0.2, 0.25) is 0 Å². The third-order valence-electron chi connectivity index (χ3n) is 4.48. The second-order valence-corrected chi connectivity index (χ2v) is 8.19. The number of nitrogens with zero attached hydrogens (tertiary/aromatic N) is 1. The van der Waals surface area contributed by atoms with E-state index < -0.39 is 17.6 Å². The zero-order valence-corrected chi connectivity index (χ0v) is 17.4. The highest BCUT2D eigenvalue weighted by molar-refractivity contribution is 8.04. The standard InChI is InChI=1S/C23H16ClFN2O2S/c1-14-2-8-17(9-3-14)26-20-21(30-19-12-4-15(24)5-13-19)23(29)27(22(20)28)18-10-6-16(25)7-11-18/h2-13,26H,1H3. The van der Waals surface area contributed by atoms with Crippen LogP contribution < -0.4 is 10.2 Å². The first-order valence-electron chi connectivity index (χ1n) is 9.08. The minimum atomic E-state index is -0.497. The highest BCUT2D eigenvalue weighted by Gasteiger charge is 2.40. The lowest BCUT2D eigenvalue weighted by Gasteiger charge is -2.15. The van der Waals surface area contributed by atoms with Gasteiger partial charge in [-0.3, -0.25) is 9.59 Å². The van der Waals surface area contributed by atoms with E-state index >= 15 is 0 Å². The molecule has 150 valence electrons. The third kappa shape index (κ3) is 4.10. The molecule has 1 aliphatic heterocycles. The Kier molecular flexibility index (Phi) is 5.61. The van der Waals surface area contributed by atoms with E-state index in [1.807, 2.05) is 31.2 Å². The second-order valence-electron chi connectivity index (χ2n) is 6.67. The van der Waals surface area contributed by atoms with Crippen molar-refractivity contribution in [3.8, 4) is 0 Å². The van der Waals surface area contributed by atoms with Crippen molar-refractivity contribution in [1.29, 1.82) is 0 Å². The van der Waals surface area contributed by atoms with Crippen molar-refractivity contribution in [2.24, 2.45) is 0 Å². The number of halogens is 2. The van der Waals surface area contributed by atoms with E-state index in [1.54, 1.807) is 24.3 Å². The third-order valence-corrected chi connectivity index (χ3v) is 5.82. The highest BCUT2D eigenvalue weighted by atomic mass is 35.5. The summed E-state index contributed by atoms with van der Waals surface area (Å²) in [5.74, 6) is -1.41. The summed E-state index contributed by atoms with van der Waals surface area (Å²) in [6.07, 6.45) is 0. The Labute approximate surface area is 182 Å². The maximum atomic E-state index is 13.3. The first kappa shape index (κ1) is 20.2. The van der Waals surface area contributed by atoms with Gasteiger partial charge in [-0.15, -0.1) is 0 Å². The first-order chi connectivity index (χ1) is 14.4. The Morgan fingerprint density at radius 1 is 0.867 bits per heavy atom. The molecule has 0 aromatic heterocycles. The average molecular weight is 439 g/mol. The number of thioether (sulfide) groups is 1. The van der Waals surface area contributed by atoms with Crippen molar-refractivity contribution in [2.45, 2.75) is 11.8 Å². The van der Waals surface area contributed by atoms with Crippen LogP contribution in [0.4, 0.5) is 15.8 Å². The fourth-order valence-electron chi connectivity index (χ4n) is 2.94. The molecule has 0 aliphatic carbocycles. The van der Waals surface area contributed by atoms with Crippen LogP contribution in [-0.4, -0.2) is 11.8 Å². The van der Waals surface area contributed by atoms with Gasteiger partial charge in [-0.2, -0.15) is 0 Å². The summed E-state index contributed by atoms with van der Waals surface area (Å²) >= 11 is 7.13. The fraction of sp³-hybridized carbons (Fsp3) is 0.0435. The van der Waals surface area contributed by atoms with Crippen LogP contribution in [0.15, 0.2) is 88.3 Å². The Balaban J connectivity index is 1.73. The van der Waals surface area contributed by atoms with Crippen LogP contribution in [0.1, 0.15) is 5.56 Å². The van der Waals surface area contributed by atoms with Gasteiger partial charge in [-0.1, -0.05) is 41.1 Å². The maximum absolute atomic E-state index is 13.3. The molecule has 1 aliphatic rings. The van der Waals surface area contributed by atoms with Gasteiger partial charge in [0.15, 0.2) is 0 Å². The van der Waals surface area contributed by atoms with Gasteiger partial charge in [0.25, 0.3) is 11.8 Å². The Morgan fingerprint density at radius 2 is 1.50 bits per heavy atom. The summed E-state index contributed by atoms with van der Waals surface area (Å²) in [6, 6.07) is 19.7. The molecular formula is C23H16ClFN2O2S. The van der Waals surface area contributed by atoms with Gasteiger partial charge in [0, 0.05) is 15.6 Å². The SMILES string of the molecule is Cc1ccc(NC2=C(Sc3ccc(Cl)cc3)C(=O)N(c3ccc(F)cc3)C2=O)cc1. The van der Waals surface area contributed by atoms with E-state index in [1.165, 1.54) is 36.0 Å². The molecule has 4 nitrogen and oxygen atoms in total. The lowest BCUT2D eigenvalue weighted by molar-refractivity contribution is -0.120. The number of carbonyl (C=O) groups is 2. The molecular weight excluding hydrogens is 423 g/mol. The van der Waals surface area contributed by atoms with E-state index in [0.717, 1.165) is 15.4 Å². The van der Waals surface area contributed by atoms with Crippen molar-refractivity contribution in [3.63, 3.8) is 0 Å². The summed E-state index contributed by atoms with van der Waals surface area (Å²) in [4.78, 5) is 28.4. The van der Waals surface area contributed by atoms with Gasteiger partial charge in [-0.25, -0.2) is 9.29 Å². The normalized spacial score (nSPS) is 13.9. The van der Waals surface area contributed by atoms with Crippen molar-refractivity contribution < 1.29 is 14.0 Å². The number of hydrogen-bond donors (Lipinski definition) is 1. The molecule has 7 heteroatoms. The minimum absolute atomic E-state index is 0.174. The number of nitrogens with one attached hydrogen (secondary N) is 1. The van der Waals surface area contributed by atoms with Crippen LogP contribution >= 0.6 is 23.4 Å². The van der Waals surface area contributed by atoms with Gasteiger partial charge < -0.3 is 5.32 Å². The Morgan fingerprint density at radius 3 is 2.13 bits per heavy atom. The van der Waals surface area contributed by atoms with Crippen molar-refractivity contribution in [1.82, 2.24) is 0 Å². The number of benzene rings is 3. The molecule has 0 saturated heterocycles. The van der Waals surface area contributed by atoms with Crippen LogP contribution in [0, 0.1) is 12.7 Å². The maximum Gasteiger partial charge on any atom is 0.283 e. The van der Waals surface area contributed by atoms with Gasteiger partial charge in [0.1, 0.15) is 16.4 Å². The van der Waals surface area contributed by atoms with Gasteiger partial charge in [0.05, 0.1) is 5.69 Å². The van der Waals surface area contributed by atoms with Crippen LogP contribution in [0.25, 0.3) is 0 Å². The lowest BCUT2D eigenvalue weighted by atomic mass is 10.2. The molecule has 3 aromatic carbocycles. The van der Waals surface area contributed by atoms with E-state index in [9.17, 15) is 14.0 Å². The molecule has 0 bridgehead atoms. The Bertz CT molecular complexity index is 1070. The largest absolute Gasteiger partial charge is 0.350 e. The van der Waals surface area contributed by atoms with Crippen molar-refractivity contribution in [2.75, 3.05) is 10.2 Å². The molecule has 2 amide bonds. The lowest BCUT2D eigenvalue weighted by Crippen LogP contribution is -2.32. The predicted molar refractivity (Wildman–Crippen MR) is 118 cm³/mol. The summed E-state index contributed by atoms with van der Waals surface area (Å²) < 4.78 is 13.3. The molecule has 0 radical (unpaired) electrons. The van der Waals surface area contributed by atoms with Crippen LogP contribution in [0.3, 0.4) is 0 Å². The molecule has 3 aromatic rings. The number of amides is 2. The fourth-order valence-corrected chi connectivity index (χ4v) is 3.99. The monoisotopic (exact) mass is 438 g/mol. The number of hydrogen-bond acceptors (Lipinski definition) is 4. The number of rotatable bonds is 5. The molecule has 0 spiro atoms. The zero-order valence-electron chi connectivity index (χ0n) is 15.9. The number of anilines is 2. The zero-order chi connectivity index (χ0) is 21.3. The molecule has 0 fully saturated rings. The smallest absolute Gasteiger partial charge is 0.283 e. The van der Waals surface area contributed by atoms with Crippen LogP contribution in [0.5, 0.6) is 0 Å². The van der Waals surface area contributed by atoms with Crippen molar-refractivity contribution >= 4 is 46.6 Å². The molecule has 1 heterocycles. The average Bonchev–Trinajstić information content (AvgIpc) is 2.96. The van der Waals surface area contributed by atoms with Gasteiger partial charge in [-0.05, 0) is 67.6 Å². The number of aryl methyl sites for hydroxylation is 1. The van der Waals surface area contributed by atoms with Crippen molar-refractivity contribution in [3.05, 3.63) is 99.8 Å². The molecule has 30 heavy (non-hydrogen) atoms. The number of carbonyl (C=O) groups excluding carboxylic acids is 2. The number of imide groups is 1. The molecule has 0 saturated carbocycles. The summed E-state index contributed by atoms with van der Waals surface area (Å²) in [7, 11) is 0. The molecule has 1 N–H and O–H groups in total. The molecule has 4 rings (SSSR count). The predicted octanol–water partition coefficient (Wildman–Crippen LogP) is 5.78. The summed E-state index contributed by atoms with van der Waals surface area (Å²) in [5.41, 5.74) is 2.24. The van der Waals surface area contributed by atoms with E-state index in [-0.39, 0.29) is 10.6 Å². The molecule has 0 unspecified atom stereocenters. The summed E-state index contributed by atoms with van der Waals surface area (Å²) in [6.45, 7) is 1.96. The van der Waals surface area contributed by atoms with Crippen LogP contribution in [0.2, 0.25) is 5.02 Å². The molecule has 0 atom stereocenters. The first-order valence-corrected chi connectivity index (χ1v) is 10.3. The minimum Gasteiger partial charge on any atom is -0.350 e. The van der Waals surface area contributed by atoms with Crippen LogP contribution in [-0.2, 0) is 9.59 Å². The summed E-state index contributed by atoms with van der Waals surface area (Å²) in [5, 5.41) is 3.66. The second kappa shape index (κ2) is 8.34. The topological polar surface area (TPSA) is 49.4 Å². The van der Waals surface area contributed by atoms with E-state index in [4.69, 9.17) is 11.6 Å². The van der Waals surface area contributed by atoms with E-state index in [0.29, 0.717) is 16.4 Å².